The standard InChI is InChI=1S/C19H30N2/c1-3-4-14-21-16-18(2,17-10-6-5-7-11-17)20-15-19(21)12-8-9-13-19/h5-7,10-11,20H,3-4,8-9,12-16H2,1-2H3. The van der Waals surface area contributed by atoms with E-state index in [1.54, 1.807) is 0 Å². The highest BCUT2D eigenvalue weighted by Crippen LogP contribution is 2.40. The summed E-state index contributed by atoms with van der Waals surface area (Å²) < 4.78 is 0. The maximum Gasteiger partial charge on any atom is 0.0535 e. The lowest BCUT2D eigenvalue weighted by Crippen LogP contribution is -2.67. The third-order valence-electron chi connectivity index (χ3n) is 5.71. The van der Waals surface area contributed by atoms with Crippen LogP contribution in [0.5, 0.6) is 0 Å². The van der Waals surface area contributed by atoms with Crippen molar-refractivity contribution in [2.75, 3.05) is 19.6 Å². The first-order chi connectivity index (χ1) is 10.2. The number of hydrogen-bond acceptors (Lipinski definition) is 2. The van der Waals surface area contributed by atoms with Gasteiger partial charge >= 0.3 is 0 Å². The number of piperazine rings is 1. The summed E-state index contributed by atoms with van der Waals surface area (Å²) in [5.41, 5.74) is 1.98. The average molecular weight is 286 g/mol. The quantitative estimate of drug-likeness (QED) is 0.902. The Hall–Kier alpha value is -0.860. The third-order valence-corrected chi connectivity index (χ3v) is 5.71. The number of unbranched alkanes of at least 4 members (excludes halogenated alkanes) is 1. The van der Waals surface area contributed by atoms with Crippen molar-refractivity contribution in [3.05, 3.63) is 35.9 Å². The van der Waals surface area contributed by atoms with Crippen LogP contribution in [0, 0.1) is 0 Å². The lowest BCUT2D eigenvalue weighted by Gasteiger charge is -2.53. The van der Waals surface area contributed by atoms with Gasteiger partial charge in [0.15, 0.2) is 0 Å². The van der Waals surface area contributed by atoms with Crippen LogP contribution in [-0.2, 0) is 5.54 Å². The zero-order valence-electron chi connectivity index (χ0n) is 13.7. The van der Waals surface area contributed by atoms with Crippen LogP contribution in [0.15, 0.2) is 30.3 Å². The van der Waals surface area contributed by atoms with Crippen LogP contribution in [0.25, 0.3) is 0 Å². The zero-order valence-corrected chi connectivity index (χ0v) is 13.7. The van der Waals surface area contributed by atoms with E-state index in [9.17, 15) is 0 Å². The molecule has 2 nitrogen and oxygen atoms in total. The lowest BCUT2D eigenvalue weighted by molar-refractivity contribution is 0.0108. The summed E-state index contributed by atoms with van der Waals surface area (Å²) in [5, 5.41) is 3.91. The Bertz CT molecular complexity index is 450. The highest BCUT2D eigenvalue weighted by Gasteiger charge is 2.47. The predicted octanol–water partition coefficient (Wildman–Crippen LogP) is 3.92. The monoisotopic (exact) mass is 286 g/mol. The zero-order chi connectivity index (χ0) is 14.8. The molecule has 0 bridgehead atoms. The van der Waals surface area contributed by atoms with Crippen LogP contribution >= 0.6 is 0 Å². The number of hydrogen-bond donors (Lipinski definition) is 1. The van der Waals surface area contributed by atoms with Crippen molar-refractivity contribution in [1.82, 2.24) is 10.2 Å². The van der Waals surface area contributed by atoms with Gasteiger partial charge in [0.25, 0.3) is 0 Å². The molecule has 1 aliphatic heterocycles. The molecule has 1 saturated heterocycles. The molecular weight excluding hydrogens is 256 g/mol. The molecule has 0 amide bonds. The Kier molecular flexibility index (Phi) is 4.37. The largest absolute Gasteiger partial charge is 0.305 e. The van der Waals surface area contributed by atoms with Crippen molar-refractivity contribution >= 4 is 0 Å². The fourth-order valence-electron chi connectivity index (χ4n) is 4.27. The summed E-state index contributed by atoms with van der Waals surface area (Å²) in [6, 6.07) is 11.0. The summed E-state index contributed by atoms with van der Waals surface area (Å²) in [7, 11) is 0. The molecule has 1 heterocycles. The highest BCUT2D eigenvalue weighted by atomic mass is 15.3. The second-order valence-electron chi connectivity index (χ2n) is 7.26. The maximum absolute atomic E-state index is 3.91. The van der Waals surface area contributed by atoms with E-state index in [-0.39, 0.29) is 5.54 Å². The van der Waals surface area contributed by atoms with Gasteiger partial charge in [-0.2, -0.15) is 0 Å². The first-order valence-electron chi connectivity index (χ1n) is 8.74. The van der Waals surface area contributed by atoms with Crippen LogP contribution in [-0.4, -0.2) is 30.1 Å². The molecule has 1 aromatic carbocycles. The summed E-state index contributed by atoms with van der Waals surface area (Å²) >= 11 is 0. The summed E-state index contributed by atoms with van der Waals surface area (Å²) in [5.74, 6) is 0. The molecule has 2 aliphatic rings. The normalized spacial score (nSPS) is 29.0. The minimum Gasteiger partial charge on any atom is -0.305 e. The van der Waals surface area contributed by atoms with Gasteiger partial charge in [-0.05, 0) is 38.3 Å². The average Bonchev–Trinajstić information content (AvgIpc) is 2.99. The third kappa shape index (κ3) is 2.89. The molecule has 1 aromatic rings. The Balaban J connectivity index is 1.81. The lowest BCUT2D eigenvalue weighted by atomic mass is 9.82. The Labute approximate surface area is 129 Å². The second kappa shape index (κ2) is 6.10. The SMILES string of the molecule is CCCCN1CC(C)(c2ccccc2)NCC12CCCC2. The molecule has 1 unspecified atom stereocenters. The molecule has 1 atom stereocenters. The topological polar surface area (TPSA) is 15.3 Å². The van der Waals surface area contributed by atoms with E-state index < -0.39 is 0 Å². The fourth-order valence-corrected chi connectivity index (χ4v) is 4.27. The predicted molar refractivity (Wildman–Crippen MR) is 89.5 cm³/mol. The molecule has 3 rings (SSSR count). The van der Waals surface area contributed by atoms with E-state index in [1.165, 1.54) is 50.6 Å². The molecule has 0 radical (unpaired) electrons. The number of nitrogens with one attached hydrogen (secondary N) is 1. The van der Waals surface area contributed by atoms with Gasteiger partial charge in [0, 0.05) is 18.6 Å². The summed E-state index contributed by atoms with van der Waals surface area (Å²) in [6.45, 7) is 8.25. The Morgan fingerprint density at radius 2 is 1.86 bits per heavy atom. The van der Waals surface area contributed by atoms with E-state index in [0.29, 0.717) is 5.54 Å². The van der Waals surface area contributed by atoms with Crippen LogP contribution in [0.3, 0.4) is 0 Å². The van der Waals surface area contributed by atoms with Crippen molar-refractivity contribution in [3.63, 3.8) is 0 Å². The van der Waals surface area contributed by atoms with E-state index in [1.807, 2.05) is 0 Å². The first-order valence-corrected chi connectivity index (χ1v) is 8.74. The minimum absolute atomic E-state index is 0.100. The number of rotatable bonds is 4. The van der Waals surface area contributed by atoms with Crippen molar-refractivity contribution in [2.24, 2.45) is 0 Å². The van der Waals surface area contributed by atoms with Gasteiger partial charge in [0.05, 0.1) is 5.54 Å². The number of benzene rings is 1. The van der Waals surface area contributed by atoms with Crippen LogP contribution in [0.1, 0.15) is 57.9 Å². The van der Waals surface area contributed by atoms with E-state index in [0.717, 1.165) is 13.1 Å². The van der Waals surface area contributed by atoms with Crippen molar-refractivity contribution in [1.29, 1.82) is 0 Å². The first kappa shape index (κ1) is 15.1. The molecule has 0 aromatic heterocycles. The van der Waals surface area contributed by atoms with Gasteiger partial charge in [-0.15, -0.1) is 0 Å². The minimum atomic E-state index is 0.100. The van der Waals surface area contributed by atoms with Crippen molar-refractivity contribution in [2.45, 2.75) is 63.5 Å². The van der Waals surface area contributed by atoms with Gasteiger partial charge < -0.3 is 5.32 Å². The Morgan fingerprint density at radius 1 is 1.14 bits per heavy atom. The molecule has 1 aliphatic carbocycles. The maximum atomic E-state index is 3.91. The summed E-state index contributed by atoms with van der Waals surface area (Å²) in [4.78, 5) is 2.83. The smallest absolute Gasteiger partial charge is 0.0535 e. The van der Waals surface area contributed by atoms with E-state index >= 15 is 0 Å². The van der Waals surface area contributed by atoms with Crippen molar-refractivity contribution < 1.29 is 0 Å². The van der Waals surface area contributed by atoms with Crippen molar-refractivity contribution in [3.8, 4) is 0 Å². The molecular formula is C19H30N2. The molecule has 1 N–H and O–H groups in total. The Morgan fingerprint density at radius 3 is 2.52 bits per heavy atom. The van der Waals surface area contributed by atoms with E-state index in [4.69, 9.17) is 0 Å². The summed E-state index contributed by atoms with van der Waals surface area (Å²) in [6.07, 6.45) is 8.20. The highest BCUT2D eigenvalue weighted by molar-refractivity contribution is 5.26. The molecule has 21 heavy (non-hydrogen) atoms. The van der Waals surface area contributed by atoms with Crippen LogP contribution in [0.2, 0.25) is 0 Å². The number of nitrogens with zero attached hydrogens (tertiary/aromatic N) is 1. The van der Waals surface area contributed by atoms with Gasteiger partial charge in [-0.25, -0.2) is 0 Å². The van der Waals surface area contributed by atoms with Gasteiger partial charge in [-0.1, -0.05) is 56.5 Å². The molecule has 1 spiro atoms. The van der Waals surface area contributed by atoms with Gasteiger partial charge in [-0.3, -0.25) is 4.90 Å². The second-order valence-corrected chi connectivity index (χ2v) is 7.26. The van der Waals surface area contributed by atoms with Crippen LogP contribution < -0.4 is 5.32 Å². The van der Waals surface area contributed by atoms with E-state index in [2.05, 4.69) is 54.4 Å². The molecule has 2 heteroatoms. The molecule has 1 saturated carbocycles. The fraction of sp³-hybridized carbons (Fsp3) is 0.684. The van der Waals surface area contributed by atoms with Gasteiger partial charge in [0.2, 0.25) is 0 Å². The molecule has 116 valence electrons. The molecule has 2 fully saturated rings. The van der Waals surface area contributed by atoms with Crippen LogP contribution in [0.4, 0.5) is 0 Å². The van der Waals surface area contributed by atoms with Gasteiger partial charge in [0.1, 0.15) is 0 Å².